The van der Waals surface area contributed by atoms with Crippen LogP contribution in [0.25, 0.3) is 11.3 Å². The van der Waals surface area contributed by atoms with Gasteiger partial charge in [0.25, 0.3) is 5.91 Å². The standard InChI is InChI=1S/C20H12Cl2F3N3O3/c21-13-4-2-1-3-12(13)18(30)28-19(31)27-15-6-5-10(7-16(15)29)17-14(22)8-11(9-26-17)20(23,24)25/h1-9,29H,(H2,27,28,30,31). The molecule has 0 saturated carbocycles. The zero-order valence-electron chi connectivity index (χ0n) is 15.3. The van der Waals surface area contributed by atoms with Crippen LogP contribution in [0.15, 0.2) is 54.7 Å². The van der Waals surface area contributed by atoms with Crippen molar-refractivity contribution in [3.63, 3.8) is 0 Å². The zero-order valence-corrected chi connectivity index (χ0v) is 16.8. The van der Waals surface area contributed by atoms with Gasteiger partial charge in [-0.1, -0.05) is 41.4 Å². The summed E-state index contributed by atoms with van der Waals surface area (Å²) in [6, 6.07) is 9.72. The molecule has 3 N–H and O–H groups in total. The summed E-state index contributed by atoms with van der Waals surface area (Å²) in [5.41, 5.74) is -0.758. The Hall–Kier alpha value is -3.30. The van der Waals surface area contributed by atoms with Crippen molar-refractivity contribution in [3.8, 4) is 17.0 Å². The molecule has 0 fully saturated rings. The Labute approximate surface area is 183 Å². The second-order valence-electron chi connectivity index (χ2n) is 6.17. The molecule has 6 nitrogen and oxygen atoms in total. The number of alkyl halides is 3. The van der Waals surface area contributed by atoms with Crippen LogP contribution in [-0.4, -0.2) is 22.0 Å². The van der Waals surface area contributed by atoms with Gasteiger partial charge in [0.05, 0.1) is 32.6 Å². The first-order valence-corrected chi connectivity index (χ1v) is 9.25. The fourth-order valence-electron chi connectivity index (χ4n) is 2.56. The third-order valence-corrected chi connectivity index (χ3v) is 4.65. The van der Waals surface area contributed by atoms with E-state index >= 15 is 0 Å². The van der Waals surface area contributed by atoms with Crippen molar-refractivity contribution in [1.82, 2.24) is 10.3 Å². The number of pyridine rings is 1. The minimum Gasteiger partial charge on any atom is -0.506 e. The molecule has 0 saturated heterocycles. The number of nitrogens with zero attached hydrogens (tertiary/aromatic N) is 1. The van der Waals surface area contributed by atoms with Crippen LogP contribution >= 0.6 is 23.2 Å². The molecular weight excluding hydrogens is 458 g/mol. The molecule has 0 spiro atoms. The molecule has 1 aromatic heterocycles. The van der Waals surface area contributed by atoms with E-state index in [9.17, 15) is 27.9 Å². The third-order valence-electron chi connectivity index (χ3n) is 4.03. The SMILES string of the molecule is O=C(NC(=O)c1ccccc1Cl)Nc1ccc(-c2ncc(C(F)(F)F)cc2Cl)cc1O. The van der Waals surface area contributed by atoms with Gasteiger partial charge in [-0.2, -0.15) is 13.2 Å². The molecule has 3 amide bonds. The maximum Gasteiger partial charge on any atom is 0.417 e. The van der Waals surface area contributed by atoms with Crippen LogP contribution in [0.2, 0.25) is 10.0 Å². The molecule has 0 radical (unpaired) electrons. The average molecular weight is 470 g/mol. The first-order valence-electron chi connectivity index (χ1n) is 8.49. The highest BCUT2D eigenvalue weighted by molar-refractivity contribution is 6.34. The smallest absolute Gasteiger partial charge is 0.417 e. The van der Waals surface area contributed by atoms with E-state index in [1.54, 1.807) is 12.1 Å². The van der Waals surface area contributed by atoms with E-state index in [1.807, 2.05) is 0 Å². The van der Waals surface area contributed by atoms with Gasteiger partial charge in [0.2, 0.25) is 0 Å². The molecule has 2 aromatic carbocycles. The fourth-order valence-corrected chi connectivity index (χ4v) is 3.06. The van der Waals surface area contributed by atoms with Crippen molar-refractivity contribution < 1.29 is 27.9 Å². The number of anilines is 1. The molecule has 0 aliphatic carbocycles. The van der Waals surface area contributed by atoms with E-state index in [0.717, 1.165) is 12.1 Å². The number of imide groups is 1. The van der Waals surface area contributed by atoms with E-state index < -0.39 is 29.4 Å². The van der Waals surface area contributed by atoms with Gasteiger partial charge >= 0.3 is 12.2 Å². The van der Waals surface area contributed by atoms with Gasteiger partial charge in [-0.3, -0.25) is 15.1 Å². The Morgan fingerprint density at radius 3 is 2.32 bits per heavy atom. The second-order valence-corrected chi connectivity index (χ2v) is 6.99. The summed E-state index contributed by atoms with van der Waals surface area (Å²) < 4.78 is 38.2. The molecule has 1 heterocycles. The molecular formula is C20H12Cl2F3N3O3. The summed E-state index contributed by atoms with van der Waals surface area (Å²) in [5.74, 6) is -1.17. The number of nitrogens with one attached hydrogen (secondary N) is 2. The van der Waals surface area contributed by atoms with Crippen LogP contribution < -0.4 is 10.6 Å². The lowest BCUT2D eigenvalue weighted by molar-refractivity contribution is -0.137. The molecule has 160 valence electrons. The Kier molecular flexibility index (Phi) is 6.37. The largest absolute Gasteiger partial charge is 0.506 e. The van der Waals surface area contributed by atoms with Gasteiger partial charge in [0.15, 0.2) is 0 Å². The fraction of sp³-hybridized carbons (Fsp3) is 0.0500. The Balaban J connectivity index is 1.75. The number of aromatic hydroxyl groups is 1. The number of amides is 3. The molecule has 3 rings (SSSR count). The Morgan fingerprint density at radius 2 is 1.71 bits per heavy atom. The maximum absolute atomic E-state index is 12.7. The number of phenolic OH excluding ortho intramolecular Hbond substituents is 1. The Bertz CT molecular complexity index is 1170. The first kappa shape index (κ1) is 22.4. The molecule has 0 aliphatic heterocycles. The second kappa shape index (κ2) is 8.83. The Morgan fingerprint density at radius 1 is 1.00 bits per heavy atom. The van der Waals surface area contributed by atoms with E-state index in [-0.39, 0.29) is 32.6 Å². The summed E-state index contributed by atoms with van der Waals surface area (Å²) in [6.45, 7) is 0. The van der Waals surface area contributed by atoms with Gasteiger partial charge in [-0.15, -0.1) is 0 Å². The molecule has 3 aromatic rings. The molecule has 0 aliphatic rings. The summed E-state index contributed by atoms with van der Waals surface area (Å²) >= 11 is 11.8. The average Bonchev–Trinajstić information content (AvgIpc) is 2.69. The summed E-state index contributed by atoms with van der Waals surface area (Å²) in [7, 11) is 0. The van der Waals surface area contributed by atoms with E-state index in [2.05, 4.69) is 15.6 Å². The van der Waals surface area contributed by atoms with Gasteiger partial charge < -0.3 is 10.4 Å². The van der Waals surface area contributed by atoms with Crippen molar-refractivity contribution in [2.24, 2.45) is 0 Å². The molecule has 0 atom stereocenters. The molecule has 11 heteroatoms. The van der Waals surface area contributed by atoms with Crippen LogP contribution in [-0.2, 0) is 6.18 Å². The minimum absolute atomic E-state index is 0.00913. The predicted molar refractivity (Wildman–Crippen MR) is 109 cm³/mol. The number of urea groups is 1. The van der Waals surface area contributed by atoms with E-state index in [1.165, 1.54) is 24.3 Å². The van der Waals surface area contributed by atoms with Gasteiger partial charge in [-0.05, 0) is 30.3 Å². The van der Waals surface area contributed by atoms with Crippen LogP contribution in [0, 0.1) is 0 Å². The first-order chi connectivity index (χ1) is 14.6. The van der Waals surface area contributed by atoms with Gasteiger partial charge in [0.1, 0.15) is 5.75 Å². The topological polar surface area (TPSA) is 91.3 Å². The number of aromatic nitrogens is 1. The molecule has 0 unspecified atom stereocenters. The summed E-state index contributed by atoms with van der Waals surface area (Å²) in [5, 5.41) is 14.4. The van der Waals surface area contributed by atoms with Crippen LogP contribution in [0.1, 0.15) is 15.9 Å². The van der Waals surface area contributed by atoms with Crippen molar-refractivity contribution in [2.75, 3.05) is 5.32 Å². The third kappa shape index (κ3) is 5.25. The summed E-state index contributed by atoms with van der Waals surface area (Å²) in [6.07, 6.45) is -3.97. The number of carbonyl (C=O) groups excluding carboxylic acids is 2. The van der Waals surface area contributed by atoms with Crippen molar-refractivity contribution >= 4 is 40.8 Å². The van der Waals surface area contributed by atoms with Crippen LogP contribution in [0.4, 0.5) is 23.7 Å². The van der Waals surface area contributed by atoms with E-state index in [0.29, 0.717) is 6.20 Å². The highest BCUT2D eigenvalue weighted by Crippen LogP contribution is 2.36. The van der Waals surface area contributed by atoms with Gasteiger partial charge in [0, 0.05) is 11.8 Å². The zero-order chi connectivity index (χ0) is 22.8. The number of benzene rings is 2. The van der Waals surface area contributed by atoms with Crippen LogP contribution in [0.3, 0.4) is 0 Å². The number of hydrogen-bond acceptors (Lipinski definition) is 4. The van der Waals surface area contributed by atoms with E-state index in [4.69, 9.17) is 23.2 Å². The van der Waals surface area contributed by atoms with Crippen LogP contribution in [0.5, 0.6) is 5.75 Å². The number of halogens is 5. The number of phenols is 1. The maximum atomic E-state index is 12.7. The van der Waals surface area contributed by atoms with Crippen molar-refractivity contribution in [2.45, 2.75) is 6.18 Å². The number of carbonyl (C=O) groups is 2. The summed E-state index contributed by atoms with van der Waals surface area (Å²) in [4.78, 5) is 27.9. The van der Waals surface area contributed by atoms with Crippen molar-refractivity contribution in [1.29, 1.82) is 0 Å². The normalized spacial score (nSPS) is 11.1. The molecule has 0 bridgehead atoms. The molecule has 31 heavy (non-hydrogen) atoms. The number of rotatable bonds is 3. The number of hydrogen-bond donors (Lipinski definition) is 3. The van der Waals surface area contributed by atoms with Crippen molar-refractivity contribution in [3.05, 3.63) is 75.9 Å². The lowest BCUT2D eigenvalue weighted by atomic mass is 10.1. The quantitative estimate of drug-likeness (QED) is 0.426. The minimum atomic E-state index is -4.60. The highest BCUT2D eigenvalue weighted by atomic mass is 35.5. The lowest BCUT2D eigenvalue weighted by Crippen LogP contribution is -2.34. The van der Waals surface area contributed by atoms with Gasteiger partial charge in [-0.25, -0.2) is 4.79 Å². The monoisotopic (exact) mass is 469 g/mol. The lowest BCUT2D eigenvalue weighted by Gasteiger charge is -2.12. The predicted octanol–water partition coefficient (Wildman–Crippen LogP) is 5.74. The highest BCUT2D eigenvalue weighted by Gasteiger charge is 2.31.